The van der Waals surface area contributed by atoms with Gasteiger partial charge in [-0.3, -0.25) is 4.68 Å². The number of nitrogens with one attached hydrogen (secondary N) is 1. The summed E-state index contributed by atoms with van der Waals surface area (Å²) in [6, 6.07) is 2.71. The monoisotopic (exact) mass is 223 g/mol. The van der Waals surface area contributed by atoms with Crippen LogP contribution in [0.3, 0.4) is 0 Å². The van der Waals surface area contributed by atoms with Crippen LogP contribution in [0.5, 0.6) is 0 Å². The van der Waals surface area contributed by atoms with Crippen LogP contribution in [-0.4, -0.2) is 27.5 Å². The van der Waals surface area contributed by atoms with Crippen LogP contribution in [0.1, 0.15) is 31.4 Å². The van der Waals surface area contributed by atoms with Crippen molar-refractivity contribution in [3.05, 3.63) is 18.0 Å². The van der Waals surface area contributed by atoms with Crippen molar-refractivity contribution < 1.29 is 4.39 Å². The third kappa shape index (κ3) is 1.86. The first-order valence-electron chi connectivity index (χ1n) is 6.06. The molecule has 0 amide bonds. The molecule has 16 heavy (non-hydrogen) atoms. The second-order valence-electron chi connectivity index (χ2n) is 5.35. The Hall–Kier alpha value is -0.900. The van der Waals surface area contributed by atoms with Gasteiger partial charge in [0.15, 0.2) is 0 Å². The molecular weight excluding hydrogens is 205 g/mol. The van der Waals surface area contributed by atoms with Gasteiger partial charge in [0.05, 0.1) is 5.69 Å². The number of alkyl halides is 1. The number of hydrogen-bond donors (Lipinski definition) is 1. The van der Waals surface area contributed by atoms with Crippen molar-refractivity contribution in [3.63, 3.8) is 0 Å². The lowest BCUT2D eigenvalue weighted by atomic mass is 9.85. The average Bonchev–Trinajstić information content (AvgIpc) is 2.73. The molecule has 1 aromatic rings. The van der Waals surface area contributed by atoms with Gasteiger partial charge in [0.2, 0.25) is 0 Å². The van der Waals surface area contributed by atoms with Gasteiger partial charge in [0.1, 0.15) is 5.67 Å². The molecule has 2 unspecified atom stereocenters. The normalized spacial score (nSPS) is 37.9. The molecule has 0 radical (unpaired) electrons. The highest BCUT2D eigenvalue weighted by atomic mass is 19.1. The largest absolute Gasteiger partial charge is 0.311 e. The number of aromatic nitrogens is 2. The van der Waals surface area contributed by atoms with Gasteiger partial charge in [0, 0.05) is 31.7 Å². The van der Waals surface area contributed by atoms with Gasteiger partial charge in [-0.2, -0.15) is 5.10 Å². The maximum Gasteiger partial charge on any atom is 0.119 e. The zero-order chi connectivity index (χ0) is 11.2. The molecule has 4 heteroatoms. The minimum Gasteiger partial charge on any atom is -0.311 e. The lowest BCUT2D eigenvalue weighted by Gasteiger charge is -2.34. The molecule has 88 valence electrons. The van der Waals surface area contributed by atoms with Crippen LogP contribution in [0.15, 0.2) is 12.3 Å². The summed E-state index contributed by atoms with van der Waals surface area (Å²) in [7, 11) is 1.88. The highest BCUT2D eigenvalue weighted by Crippen LogP contribution is 2.38. The van der Waals surface area contributed by atoms with Crippen LogP contribution in [0.4, 0.5) is 4.39 Å². The van der Waals surface area contributed by atoms with E-state index >= 15 is 0 Å². The fourth-order valence-electron chi connectivity index (χ4n) is 3.22. The first-order valence-corrected chi connectivity index (χ1v) is 6.06. The van der Waals surface area contributed by atoms with Crippen molar-refractivity contribution >= 4 is 0 Å². The molecule has 1 N–H and O–H groups in total. The Labute approximate surface area is 95.0 Å². The first kappa shape index (κ1) is 10.3. The SMILES string of the molecule is Cn1ccc(CC2(F)CC3CCC(C2)N3)n1. The van der Waals surface area contributed by atoms with Crippen LogP contribution >= 0.6 is 0 Å². The number of hydrogen-bond acceptors (Lipinski definition) is 2. The number of rotatable bonds is 2. The highest BCUT2D eigenvalue weighted by molar-refractivity contribution is 5.09. The summed E-state index contributed by atoms with van der Waals surface area (Å²) in [5.74, 6) is 0. The summed E-state index contributed by atoms with van der Waals surface area (Å²) >= 11 is 0. The summed E-state index contributed by atoms with van der Waals surface area (Å²) in [5, 5.41) is 7.75. The van der Waals surface area contributed by atoms with E-state index in [0.717, 1.165) is 18.5 Å². The maximum absolute atomic E-state index is 14.7. The zero-order valence-corrected chi connectivity index (χ0v) is 9.62. The molecule has 3 heterocycles. The van der Waals surface area contributed by atoms with Crippen LogP contribution in [0.2, 0.25) is 0 Å². The molecule has 0 saturated carbocycles. The van der Waals surface area contributed by atoms with E-state index in [1.54, 1.807) is 4.68 Å². The number of halogens is 1. The predicted molar refractivity (Wildman–Crippen MR) is 59.9 cm³/mol. The Morgan fingerprint density at radius 1 is 1.50 bits per heavy atom. The fourth-order valence-corrected chi connectivity index (χ4v) is 3.22. The van der Waals surface area contributed by atoms with E-state index < -0.39 is 5.67 Å². The Balaban J connectivity index is 1.74. The van der Waals surface area contributed by atoms with Gasteiger partial charge < -0.3 is 5.32 Å². The molecule has 3 nitrogen and oxygen atoms in total. The quantitative estimate of drug-likeness (QED) is 0.825. The molecule has 3 rings (SSSR count). The maximum atomic E-state index is 14.7. The van der Waals surface area contributed by atoms with E-state index in [2.05, 4.69) is 10.4 Å². The van der Waals surface area contributed by atoms with E-state index in [-0.39, 0.29) is 0 Å². The topological polar surface area (TPSA) is 29.9 Å². The fraction of sp³-hybridized carbons (Fsp3) is 0.750. The number of aryl methyl sites for hydroxylation is 1. The molecule has 0 aliphatic carbocycles. The van der Waals surface area contributed by atoms with Crippen LogP contribution in [-0.2, 0) is 13.5 Å². The van der Waals surface area contributed by atoms with Crippen LogP contribution in [0.25, 0.3) is 0 Å². The second-order valence-corrected chi connectivity index (χ2v) is 5.35. The Kier molecular flexibility index (Phi) is 2.28. The van der Waals surface area contributed by atoms with Crippen molar-refractivity contribution in [1.82, 2.24) is 15.1 Å². The van der Waals surface area contributed by atoms with Crippen LogP contribution in [0, 0.1) is 0 Å². The molecule has 1 aromatic heterocycles. The predicted octanol–water partition coefficient (Wildman–Crippen LogP) is 1.59. The van der Waals surface area contributed by atoms with E-state index in [1.165, 1.54) is 0 Å². The minimum absolute atomic E-state index is 0.396. The van der Waals surface area contributed by atoms with E-state index in [0.29, 0.717) is 31.3 Å². The molecule has 2 aliphatic heterocycles. The smallest absolute Gasteiger partial charge is 0.119 e. The minimum atomic E-state index is -1.04. The molecule has 0 aromatic carbocycles. The van der Waals surface area contributed by atoms with Crippen molar-refractivity contribution in [2.24, 2.45) is 7.05 Å². The summed E-state index contributed by atoms with van der Waals surface area (Å²) in [6.07, 6.45) is 5.94. The lowest BCUT2D eigenvalue weighted by molar-refractivity contribution is 0.0882. The highest BCUT2D eigenvalue weighted by Gasteiger charge is 2.44. The molecule has 2 saturated heterocycles. The number of nitrogens with zero attached hydrogens (tertiary/aromatic N) is 2. The second kappa shape index (κ2) is 3.55. The molecule has 2 fully saturated rings. The Morgan fingerprint density at radius 3 is 2.75 bits per heavy atom. The summed E-state index contributed by atoms with van der Waals surface area (Å²) in [6.45, 7) is 0. The molecule has 2 aliphatic rings. The van der Waals surface area contributed by atoms with Crippen molar-refractivity contribution in [3.8, 4) is 0 Å². The summed E-state index contributed by atoms with van der Waals surface area (Å²) in [4.78, 5) is 0. The van der Waals surface area contributed by atoms with Gasteiger partial charge >= 0.3 is 0 Å². The van der Waals surface area contributed by atoms with Crippen molar-refractivity contribution in [1.29, 1.82) is 0 Å². The Bertz CT molecular complexity index is 375. The van der Waals surface area contributed by atoms with Crippen molar-refractivity contribution in [2.75, 3.05) is 0 Å². The average molecular weight is 223 g/mol. The van der Waals surface area contributed by atoms with E-state index in [1.807, 2.05) is 19.3 Å². The standard InChI is InChI=1S/C12H18FN3/c1-16-5-4-11(15-16)8-12(13)6-9-2-3-10(7-12)14-9/h4-5,9-10,14H,2-3,6-8H2,1H3. The Morgan fingerprint density at radius 2 is 2.19 bits per heavy atom. The van der Waals surface area contributed by atoms with Crippen LogP contribution < -0.4 is 5.32 Å². The summed E-state index contributed by atoms with van der Waals surface area (Å²) in [5.41, 5.74) is -0.155. The van der Waals surface area contributed by atoms with E-state index in [9.17, 15) is 4.39 Å². The lowest BCUT2D eigenvalue weighted by Crippen LogP contribution is -2.47. The summed E-state index contributed by atoms with van der Waals surface area (Å²) < 4.78 is 16.5. The van der Waals surface area contributed by atoms with Gasteiger partial charge in [-0.25, -0.2) is 4.39 Å². The van der Waals surface area contributed by atoms with Crippen molar-refractivity contribution in [2.45, 2.75) is 49.9 Å². The number of fused-ring (bicyclic) bond motifs is 2. The third-order valence-corrected chi connectivity index (χ3v) is 3.83. The van der Waals surface area contributed by atoms with E-state index in [4.69, 9.17) is 0 Å². The number of piperidine rings is 1. The zero-order valence-electron chi connectivity index (χ0n) is 9.62. The van der Waals surface area contributed by atoms with Gasteiger partial charge in [-0.15, -0.1) is 0 Å². The molecule has 2 atom stereocenters. The molecule has 0 spiro atoms. The molecule has 2 bridgehead atoms. The first-order chi connectivity index (χ1) is 7.63. The third-order valence-electron chi connectivity index (χ3n) is 3.83. The van der Waals surface area contributed by atoms with Gasteiger partial charge in [0.25, 0.3) is 0 Å². The van der Waals surface area contributed by atoms with Gasteiger partial charge in [-0.05, 0) is 31.7 Å². The molecular formula is C12H18FN3. The van der Waals surface area contributed by atoms with Gasteiger partial charge in [-0.1, -0.05) is 0 Å².